The van der Waals surface area contributed by atoms with Gasteiger partial charge >= 0.3 is 8.56 Å². The topological polar surface area (TPSA) is 68.5 Å². The van der Waals surface area contributed by atoms with E-state index in [0.29, 0.717) is 6.54 Å². The maximum Gasteiger partial charge on any atom is 0.334 e. The van der Waals surface area contributed by atoms with Crippen LogP contribution in [0.2, 0.25) is 12.6 Å². The predicted molar refractivity (Wildman–Crippen MR) is 60.1 cm³/mol. The molecule has 0 aliphatic carbocycles. The molecule has 4 N–H and O–H groups in total. The van der Waals surface area contributed by atoms with Gasteiger partial charge in [-0.1, -0.05) is 0 Å². The Hall–Kier alpha value is 0.0169. The second-order valence-corrected chi connectivity index (χ2v) is 6.87. The molecule has 0 atom stereocenters. The summed E-state index contributed by atoms with van der Waals surface area (Å²) in [6, 6.07) is 0.997. The molecule has 14 heavy (non-hydrogen) atoms. The summed E-state index contributed by atoms with van der Waals surface area (Å²) in [5, 5.41) is 0. The summed E-state index contributed by atoms with van der Waals surface area (Å²) in [6.45, 7) is 4.43. The zero-order valence-corrected chi connectivity index (χ0v) is 10.4. The van der Waals surface area contributed by atoms with Gasteiger partial charge in [-0.3, -0.25) is 10.9 Å². The van der Waals surface area contributed by atoms with Gasteiger partial charge in [0.25, 0.3) is 0 Å². The van der Waals surface area contributed by atoms with Gasteiger partial charge in [-0.25, -0.2) is 0 Å². The molecule has 0 rings (SSSR count). The lowest BCUT2D eigenvalue weighted by atomic mass is 10.5. The summed E-state index contributed by atoms with van der Waals surface area (Å²) in [5.41, 5.74) is 11.4. The van der Waals surface area contributed by atoms with Gasteiger partial charge in [0, 0.05) is 33.9 Å². The third-order valence-electron chi connectivity index (χ3n) is 2.19. The molecule has 86 valence electrons. The summed E-state index contributed by atoms with van der Waals surface area (Å²) in [7, 11) is 1.58. The van der Waals surface area contributed by atoms with Gasteiger partial charge in [0.15, 0.2) is 0 Å². The normalized spacial score (nSPS) is 12.0. The second-order valence-electron chi connectivity index (χ2n) is 3.29. The average Bonchev–Trinajstić information content (AvgIpc) is 2.23. The van der Waals surface area contributed by atoms with Crippen LogP contribution in [0.3, 0.4) is 0 Å². The van der Waals surface area contributed by atoms with E-state index in [1.807, 2.05) is 0 Å². The Labute approximate surface area is 87.6 Å². The number of rotatable bonds is 9. The van der Waals surface area contributed by atoms with E-state index in [1.165, 1.54) is 0 Å². The summed E-state index contributed by atoms with van der Waals surface area (Å²) >= 11 is 0. The van der Waals surface area contributed by atoms with E-state index >= 15 is 0 Å². The van der Waals surface area contributed by atoms with Crippen molar-refractivity contribution in [3.8, 4) is 0 Å². The molecular weight excluding hydrogens is 198 g/mol. The first-order valence-electron chi connectivity index (χ1n) is 4.94. The fourth-order valence-corrected chi connectivity index (χ4v) is 2.43. The third-order valence-corrected chi connectivity index (χ3v) is 5.18. The second kappa shape index (κ2) is 8.34. The van der Waals surface area contributed by atoms with Crippen molar-refractivity contribution < 1.29 is 8.85 Å². The minimum absolute atomic E-state index is 0.648. The van der Waals surface area contributed by atoms with Gasteiger partial charge in [0.2, 0.25) is 0 Å². The fraction of sp³-hybridized carbons (Fsp3) is 1.00. The minimum atomic E-state index is -1.86. The predicted octanol–water partition coefficient (Wildman–Crippen LogP) is -0.206. The van der Waals surface area contributed by atoms with E-state index in [0.717, 1.165) is 25.6 Å². The van der Waals surface area contributed by atoms with Crippen LogP contribution >= 0.6 is 0 Å². The third kappa shape index (κ3) is 6.47. The fourth-order valence-electron chi connectivity index (χ4n) is 1.03. The molecule has 0 bridgehead atoms. The highest BCUT2D eigenvalue weighted by Gasteiger charge is 2.27. The van der Waals surface area contributed by atoms with Crippen LogP contribution in [0.25, 0.3) is 0 Å². The number of nitrogens with one attached hydrogen (secondary N) is 2. The lowest BCUT2D eigenvalue weighted by Crippen LogP contribution is -2.39. The molecule has 0 aliphatic rings. The van der Waals surface area contributed by atoms with Gasteiger partial charge in [-0.2, -0.15) is 0 Å². The Morgan fingerprint density at radius 1 is 1.14 bits per heavy atom. The van der Waals surface area contributed by atoms with Crippen LogP contribution < -0.4 is 16.6 Å². The van der Waals surface area contributed by atoms with Gasteiger partial charge in [-0.15, -0.1) is 0 Å². The van der Waals surface area contributed by atoms with Crippen LogP contribution in [-0.4, -0.2) is 42.4 Å². The molecule has 6 heteroatoms. The van der Waals surface area contributed by atoms with Gasteiger partial charge in [0.05, 0.1) is 0 Å². The average molecular weight is 221 g/mol. The van der Waals surface area contributed by atoms with Crippen molar-refractivity contribution in [1.82, 2.24) is 10.9 Å². The van der Waals surface area contributed by atoms with Crippen molar-refractivity contribution in [1.29, 1.82) is 0 Å². The maximum absolute atomic E-state index is 5.36. The Morgan fingerprint density at radius 2 is 1.71 bits per heavy atom. The van der Waals surface area contributed by atoms with Gasteiger partial charge in [0.1, 0.15) is 0 Å². The first-order valence-corrected chi connectivity index (χ1v) is 7.47. The molecule has 0 aliphatic heterocycles. The molecule has 0 spiro atoms. The number of nitrogens with two attached hydrogens (primary N) is 1. The van der Waals surface area contributed by atoms with Crippen LogP contribution in [0, 0.1) is 0 Å². The number of hydrogen-bond acceptors (Lipinski definition) is 5. The molecule has 0 saturated heterocycles. The van der Waals surface area contributed by atoms with Crippen LogP contribution in [0.15, 0.2) is 0 Å². The van der Waals surface area contributed by atoms with Crippen molar-refractivity contribution in [3.05, 3.63) is 0 Å². The van der Waals surface area contributed by atoms with Crippen LogP contribution in [0.1, 0.15) is 6.42 Å². The molecular formula is C8H23N3O2Si. The Bertz CT molecular complexity index is 134. The zero-order valence-electron chi connectivity index (χ0n) is 9.43. The summed E-state index contributed by atoms with van der Waals surface area (Å²) in [5.74, 6) is 0. The standard InChI is InChI=1S/C8H23N3O2Si/c1-12-14(3,13-2)8-4-6-10-11-7-5-9/h10-11H,4-9H2,1-3H3. The summed E-state index contributed by atoms with van der Waals surface area (Å²) < 4.78 is 10.7. The quantitative estimate of drug-likeness (QED) is 0.286. The Balaban J connectivity index is 3.34. The van der Waals surface area contributed by atoms with E-state index in [9.17, 15) is 0 Å². The van der Waals surface area contributed by atoms with Crippen molar-refractivity contribution in [2.75, 3.05) is 33.9 Å². The van der Waals surface area contributed by atoms with Crippen LogP contribution in [0.4, 0.5) is 0 Å². The molecule has 0 saturated carbocycles. The van der Waals surface area contributed by atoms with Gasteiger partial charge in [-0.05, 0) is 19.0 Å². The number of hydrogen-bond donors (Lipinski definition) is 3. The van der Waals surface area contributed by atoms with Crippen molar-refractivity contribution in [2.45, 2.75) is 19.0 Å². The van der Waals surface area contributed by atoms with Crippen LogP contribution in [0.5, 0.6) is 0 Å². The largest absolute Gasteiger partial charge is 0.398 e. The SMILES string of the molecule is CO[Si](C)(CCCNNCCN)OC. The molecule has 0 radical (unpaired) electrons. The van der Waals surface area contributed by atoms with E-state index < -0.39 is 8.56 Å². The monoisotopic (exact) mass is 221 g/mol. The molecule has 0 amide bonds. The first-order chi connectivity index (χ1) is 6.68. The maximum atomic E-state index is 5.36. The highest BCUT2D eigenvalue weighted by Crippen LogP contribution is 2.12. The highest BCUT2D eigenvalue weighted by atomic mass is 28.4. The molecule has 5 nitrogen and oxygen atoms in total. The van der Waals surface area contributed by atoms with Crippen molar-refractivity contribution in [2.24, 2.45) is 5.73 Å². The molecule has 0 heterocycles. The molecule has 0 fully saturated rings. The summed E-state index contributed by atoms with van der Waals surface area (Å²) in [6.07, 6.45) is 1.04. The molecule has 0 aromatic carbocycles. The van der Waals surface area contributed by atoms with E-state index in [1.54, 1.807) is 14.2 Å². The van der Waals surface area contributed by atoms with Crippen molar-refractivity contribution >= 4 is 8.56 Å². The van der Waals surface area contributed by atoms with E-state index in [4.69, 9.17) is 14.6 Å². The van der Waals surface area contributed by atoms with E-state index in [-0.39, 0.29) is 0 Å². The van der Waals surface area contributed by atoms with Crippen LogP contribution in [-0.2, 0) is 8.85 Å². The smallest absolute Gasteiger partial charge is 0.334 e. The first kappa shape index (κ1) is 14.0. The Kier molecular flexibility index (Phi) is 8.35. The zero-order chi connectivity index (χ0) is 10.9. The highest BCUT2D eigenvalue weighted by molar-refractivity contribution is 6.65. The Morgan fingerprint density at radius 3 is 2.21 bits per heavy atom. The summed E-state index contributed by atoms with van der Waals surface area (Å²) in [4.78, 5) is 0. The lowest BCUT2D eigenvalue weighted by Gasteiger charge is -2.22. The molecule has 0 aromatic rings. The van der Waals surface area contributed by atoms with Gasteiger partial charge < -0.3 is 14.6 Å². The van der Waals surface area contributed by atoms with E-state index in [2.05, 4.69) is 17.4 Å². The molecule has 0 unspecified atom stereocenters. The number of hydrazine groups is 1. The lowest BCUT2D eigenvalue weighted by molar-refractivity contribution is 0.248. The molecule has 0 aromatic heterocycles. The van der Waals surface area contributed by atoms with Crippen molar-refractivity contribution in [3.63, 3.8) is 0 Å². The minimum Gasteiger partial charge on any atom is -0.398 e.